The molecule has 0 N–H and O–H groups in total. The lowest BCUT2D eigenvalue weighted by atomic mass is 10.1. The molecule has 5 heteroatoms. The molecule has 3 rings (SSSR count). The maximum Gasteiger partial charge on any atom is 0.349 e. The summed E-state index contributed by atoms with van der Waals surface area (Å²) in [4.78, 5) is 16.6. The van der Waals surface area contributed by atoms with E-state index in [1.807, 2.05) is 24.3 Å². The van der Waals surface area contributed by atoms with E-state index in [-0.39, 0.29) is 5.97 Å². The van der Waals surface area contributed by atoms with Gasteiger partial charge in [0.15, 0.2) is 0 Å². The average molecular weight is 322 g/mol. The van der Waals surface area contributed by atoms with Crippen molar-refractivity contribution in [2.24, 2.45) is 0 Å². The van der Waals surface area contributed by atoms with E-state index in [4.69, 9.17) is 4.74 Å². The minimum absolute atomic E-state index is 0.319. The Hall–Kier alpha value is -1.46. The SMILES string of the molecule is COC(=O)c1sc2ccc3ncccc3c2c1Br. The molecule has 1 aromatic carbocycles. The van der Waals surface area contributed by atoms with Crippen LogP contribution in [0.5, 0.6) is 0 Å². The monoisotopic (exact) mass is 321 g/mol. The minimum atomic E-state index is -0.319. The molecule has 0 saturated heterocycles. The number of hydrogen-bond donors (Lipinski definition) is 0. The largest absolute Gasteiger partial charge is 0.465 e. The molecule has 0 spiro atoms. The van der Waals surface area contributed by atoms with E-state index in [1.54, 1.807) is 6.20 Å². The highest BCUT2D eigenvalue weighted by Crippen LogP contribution is 2.39. The molecule has 0 aliphatic carbocycles. The molecular weight excluding hydrogens is 314 g/mol. The van der Waals surface area contributed by atoms with Crippen LogP contribution in [0.1, 0.15) is 9.67 Å². The predicted molar refractivity (Wildman–Crippen MR) is 76.2 cm³/mol. The zero-order valence-electron chi connectivity index (χ0n) is 9.44. The number of benzene rings is 1. The average Bonchev–Trinajstić information content (AvgIpc) is 2.76. The summed E-state index contributed by atoms with van der Waals surface area (Å²) >= 11 is 4.92. The van der Waals surface area contributed by atoms with Crippen LogP contribution in [0.2, 0.25) is 0 Å². The van der Waals surface area contributed by atoms with Crippen LogP contribution in [-0.2, 0) is 4.74 Å². The quantitative estimate of drug-likeness (QED) is 0.636. The van der Waals surface area contributed by atoms with Gasteiger partial charge in [-0.05, 0) is 34.1 Å². The molecule has 2 aromatic heterocycles. The molecule has 3 nitrogen and oxygen atoms in total. The first-order valence-corrected chi connectivity index (χ1v) is 6.87. The van der Waals surface area contributed by atoms with Gasteiger partial charge in [-0.15, -0.1) is 11.3 Å². The minimum Gasteiger partial charge on any atom is -0.465 e. The Morgan fingerprint density at radius 1 is 1.39 bits per heavy atom. The molecule has 0 fully saturated rings. The second kappa shape index (κ2) is 4.33. The number of carbonyl (C=O) groups is 1. The summed E-state index contributed by atoms with van der Waals surface area (Å²) in [6.45, 7) is 0. The summed E-state index contributed by atoms with van der Waals surface area (Å²) in [7, 11) is 1.39. The number of thiophene rings is 1. The number of methoxy groups -OCH3 is 1. The predicted octanol–water partition coefficient (Wildman–Crippen LogP) is 4.00. The van der Waals surface area contributed by atoms with Crippen LogP contribution in [0.3, 0.4) is 0 Å². The number of carbonyl (C=O) groups excluding carboxylic acids is 1. The van der Waals surface area contributed by atoms with Crippen molar-refractivity contribution in [1.29, 1.82) is 0 Å². The molecule has 18 heavy (non-hydrogen) atoms. The summed E-state index contributed by atoms with van der Waals surface area (Å²) in [5.74, 6) is -0.319. The lowest BCUT2D eigenvalue weighted by Gasteiger charge is -1.99. The number of fused-ring (bicyclic) bond motifs is 3. The van der Waals surface area contributed by atoms with Gasteiger partial charge in [0.25, 0.3) is 0 Å². The van der Waals surface area contributed by atoms with E-state index in [2.05, 4.69) is 20.9 Å². The van der Waals surface area contributed by atoms with Crippen LogP contribution in [0.15, 0.2) is 34.9 Å². The normalized spacial score (nSPS) is 11.0. The smallest absolute Gasteiger partial charge is 0.349 e. The van der Waals surface area contributed by atoms with Crippen LogP contribution in [-0.4, -0.2) is 18.1 Å². The van der Waals surface area contributed by atoms with Gasteiger partial charge in [0, 0.05) is 21.7 Å². The molecule has 0 atom stereocenters. The number of aromatic nitrogens is 1. The zero-order chi connectivity index (χ0) is 12.7. The van der Waals surface area contributed by atoms with Crippen LogP contribution in [0, 0.1) is 0 Å². The van der Waals surface area contributed by atoms with Gasteiger partial charge in [0.1, 0.15) is 4.88 Å². The van der Waals surface area contributed by atoms with Crippen molar-refractivity contribution < 1.29 is 9.53 Å². The fourth-order valence-corrected chi connectivity index (χ4v) is 3.93. The van der Waals surface area contributed by atoms with Crippen molar-refractivity contribution in [1.82, 2.24) is 4.98 Å². The summed E-state index contributed by atoms with van der Waals surface area (Å²) in [5.41, 5.74) is 0.917. The fraction of sp³-hybridized carbons (Fsp3) is 0.0769. The Kier molecular flexibility index (Phi) is 2.80. The molecule has 0 aliphatic rings. The lowest BCUT2D eigenvalue weighted by molar-refractivity contribution is 0.0605. The summed E-state index contributed by atoms with van der Waals surface area (Å²) < 4.78 is 6.61. The molecular formula is C13H8BrNO2S. The molecule has 0 saturated carbocycles. The molecule has 0 unspecified atom stereocenters. The topological polar surface area (TPSA) is 39.2 Å². The number of halogens is 1. The Bertz CT molecular complexity index is 766. The Morgan fingerprint density at radius 2 is 2.22 bits per heavy atom. The van der Waals surface area contributed by atoms with Crippen LogP contribution in [0.25, 0.3) is 21.0 Å². The molecule has 0 aliphatic heterocycles. The van der Waals surface area contributed by atoms with Crippen molar-refractivity contribution in [2.45, 2.75) is 0 Å². The number of hydrogen-bond acceptors (Lipinski definition) is 4. The number of rotatable bonds is 1. The molecule has 0 bridgehead atoms. The van der Waals surface area contributed by atoms with Crippen LogP contribution < -0.4 is 0 Å². The third kappa shape index (κ3) is 1.62. The van der Waals surface area contributed by atoms with Gasteiger partial charge >= 0.3 is 5.97 Å². The van der Waals surface area contributed by atoms with Gasteiger partial charge in [0.2, 0.25) is 0 Å². The standard InChI is InChI=1S/C13H8BrNO2S/c1-17-13(16)12-11(14)10-7-3-2-6-15-8(7)4-5-9(10)18-12/h2-6H,1H3. The molecule has 3 aromatic rings. The van der Waals surface area contributed by atoms with Crippen molar-refractivity contribution >= 4 is 54.2 Å². The van der Waals surface area contributed by atoms with Gasteiger partial charge < -0.3 is 4.74 Å². The Balaban J connectivity index is 2.44. The number of nitrogens with zero attached hydrogens (tertiary/aromatic N) is 1. The summed E-state index contributed by atoms with van der Waals surface area (Å²) in [6.07, 6.45) is 1.76. The number of ether oxygens (including phenoxy) is 1. The molecule has 90 valence electrons. The van der Waals surface area contributed by atoms with Crippen molar-refractivity contribution in [2.75, 3.05) is 7.11 Å². The summed E-state index contributed by atoms with van der Waals surface area (Å²) in [6, 6.07) is 7.83. The summed E-state index contributed by atoms with van der Waals surface area (Å²) in [5, 5.41) is 2.05. The maximum absolute atomic E-state index is 11.7. The van der Waals surface area contributed by atoms with Gasteiger partial charge in [-0.3, -0.25) is 4.98 Å². The lowest BCUT2D eigenvalue weighted by Crippen LogP contribution is -1.98. The molecule has 0 radical (unpaired) electrons. The molecule has 0 amide bonds. The maximum atomic E-state index is 11.7. The van der Waals surface area contributed by atoms with Crippen molar-refractivity contribution in [3.8, 4) is 0 Å². The highest BCUT2D eigenvalue weighted by atomic mass is 79.9. The van der Waals surface area contributed by atoms with E-state index in [9.17, 15) is 4.79 Å². The third-order valence-electron chi connectivity index (χ3n) is 2.75. The Morgan fingerprint density at radius 3 is 3.00 bits per heavy atom. The first kappa shape index (κ1) is 11.6. The number of pyridine rings is 1. The highest BCUT2D eigenvalue weighted by Gasteiger charge is 2.18. The second-order valence-electron chi connectivity index (χ2n) is 3.75. The molecule has 2 heterocycles. The number of esters is 1. The van der Waals surface area contributed by atoms with Crippen LogP contribution >= 0.6 is 27.3 Å². The fourth-order valence-electron chi connectivity index (χ4n) is 1.94. The van der Waals surface area contributed by atoms with E-state index in [0.717, 1.165) is 25.5 Å². The van der Waals surface area contributed by atoms with E-state index >= 15 is 0 Å². The van der Waals surface area contributed by atoms with Crippen molar-refractivity contribution in [3.63, 3.8) is 0 Å². The van der Waals surface area contributed by atoms with Gasteiger partial charge in [-0.1, -0.05) is 6.07 Å². The highest BCUT2D eigenvalue weighted by molar-refractivity contribution is 9.10. The van der Waals surface area contributed by atoms with E-state index < -0.39 is 0 Å². The second-order valence-corrected chi connectivity index (χ2v) is 5.59. The van der Waals surface area contributed by atoms with Crippen molar-refractivity contribution in [3.05, 3.63) is 39.8 Å². The van der Waals surface area contributed by atoms with Gasteiger partial charge in [-0.2, -0.15) is 0 Å². The first-order valence-electron chi connectivity index (χ1n) is 5.26. The van der Waals surface area contributed by atoms with Crippen LogP contribution in [0.4, 0.5) is 0 Å². The van der Waals surface area contributed by atoms with Gasteiger partial charge in [-0.25, -0.2) is 4.79 Å². The third-order valence-corrected chi connectivity index (χ3v) is 4.94. The van der Waals surface area contributed by atoms with Gasteiger partial charge in [0.05, 0.1) is 17.1 Å². The zero-order valence-corrected chi connectivity index (χ0v) is 11.8. The van der Waals surface area contributed by atoms with E-state index in [0.29, 0.717) is 4.88 Å². The van der Waals surface area contributed by atoms with E-state index in [1.165, 1.54) is 18.4 Å². The first-order chi connectivity index (χ1) is 8.72. The Labute approximate surface area is 116 Å².